The molecule has 0 aliphatic carbocycles. The van der Waals surface area contributed by atoms with Gasteiger partial charge in [0.2, 0.25) is 0 Å². The summed E-state index contributed by atoms with van der Waals surface area (Å²) in [5.74, 6) is 0. The number of rotatable bonds is 4. The molecule has 0 saturated carbocycles. The Balaban J connectivity index is 1.65. The van der Waals surface area contributed by atoms with Gasteiger partial charge in [-0.25, -0.2) is 0 Å². The quantitative estimate of drug-likeness (QED) is 0.342. The van der Waals surface area contributed by atoms with Gasteiger partial charge in [0.25, 0.3) is 0 Å². The Morgan fingerprint density at radius 1 is 0.680 bits per heavy atom. The van der Waals surface area contributed by atoms with Crippen molar-refractivity contribution in [3.05, 3.63) is 102 Å². The van der Waals surface area contributed by atoms with Crippen LogP contribution in [0.15, 0.2) is 91.0 Å². The highest BCUT2D eigenvalue weighted by Gasteiger charge is 2.03. The first kappa shape index (κ1) is 15.3. The zero-order chi connectivity index (χ0) is 17.1. The lowest BCUT2D eigenvalue weighted by atomic mass is 9.99. The molecule has 4 aromatic rings. The third-order valence-corrected chi connectivity index (χ3v) is 4.58. The Morgan fingerprint density at radius 3 is 1.96 bits per heavy atom. The zero-order valence-corrected chi connectivity index (χ0v) is 13.9. The second-order valence-corrected chi connectivity index (χ2v) is 6.22. The van der Waals surface area contributed by atoms with Gasteiger partial charge in [-0.05, 0) is 45.2 Å². The molecule has 25 heavy (non-hydrogen) atoms. The Bertz CT molecular complexity index is 1090. The van der Waals surface area contributed by atoms with E-state index in [1.54, 1.807) is 0 Å². The Hall–Kier alpha value is -3.19. The van der Waals surface area contributed by atoms with Crippen LogP contribution in [0, 0.1) is 0 Å². The minimum absolute atomic E-state index is 0.735. The van der Waals surface area contributed by atoms with E-state index in [1.807, 2.05) is 36.4 Å². The summed E-state index contributed by atoms with van der Waals surface area (Å²) in [4.78, 5) is 11.6. The molecule has 0 N–H and O–H groups in total. The van der Waals surface area contributed by atoms with E-state index < -0.39 is 0 Å². The summed E-state index contributed by atoms with van der Waals surface area (Å²) in [6.45, 7) is 0. The molecule has 0 amide bonds. The fraction of sp³-hybridized carbons (Fsp3) is 0.0417. The Labute approximate surface area is 147 Å². The third-order valence-electron chi connectivity index (χ3n) is 4.58. The first-order valence-corrected chi connectivity index (χ1v) is 8.46. The number of aldehydes is 1. The first-order valence-electron chi connectivity index (χ1n) is 8.46. The predicted octanol–water partition coefficient (Wildman–Crippen LogP) is 5.82. The van der Waals surface area contributed by atoms with E-state index in [0.717, 1.165) is 29.2 Å². The number of carbonyl (C=O) groups excluding carboxylic acids is 1. The molecule has 0 aliphatic heterocycles. The van der Waals surface area contributed by atoms with Crippen LogP contribution in [0.25, 0.3) is 27.1 Å². The topological polar surface area (TPSA) is 17.1 Å². The summed E-state index contributed by atoms with van der Waals surface area (Å²) < 4.78 is 0. The molecule has 0 unspecified atom stereocenters. The highest BCUT2D eigenvalue weighted by Crippen LogP contribution is 2.22. The van der Waals surface area contributed by atoms with Crippen LogP contribution in [-0.4, -0.2) is 6.29 Å². The van der Waals surface area contributed by atoms with Crippen LogP contribution < -0.4 is 0 Å². The van der Waals surface area contributed by atoms with Gasteiger partial charge in [0.05, 0.1) is 0 Å². The molecule has 0 heterocycles. The molecule has 0 spiro atoms. The average Bonchev–Trinajstić information content (AvgIpc) is 2.68. The lowest BCUT2D eigenvalue weighted by Crippen LogP contribution is -1.89. The van der Waals surface area contributed by atoms with Crippen LogP contribution in [0.2, 0.25) is 0 Å². The molecule has 1 heteroatoms. The van der Waals surface area contributed by atoms with E-state index in [2.05, 4.69) is 54.6 Å². The predicted molar refractivity (Wildman–Crippen MR) is 106 cm³/mol. The number of hydrogen-bond acceptors (Lipinski definition) is 1. The van der Waals surface area contributed by atoms with E-state index in [1.165, 1.54) is 21.7 Å². The minimum atomic E-state index is 0.735. The van der Waals surface area contributed by atoms with E-state index in [9.17, 15) is 4.79 Å². The monoisotopic (exact) mass is 322 g/mol. The summed E-state index contributed by atoms with van der Waals surface area (Å²) in [6.07, 6.45) is 3.71. The van der Waals surface area contributed by atoms with Gasteiger partial charge in [-0.3, -0.25) is 4.79 Å². The van der Waals surface area contributed by atoms with E-state index in [0.29, 0.717) is 0 Å². The Kier molecular flexibility index (Phi) is 4.14. The molecule has 120 valence electrons. The molecule has 0 aromatic heterocycles. The van der Waals surface area contributed by atoms with Crippen molar-refractivity contribution in [2.45, 2.75) is 6.42 Å². The number of carbonyl (C=O) groups is 1. The highest BCUT2D eigenvalue weighted by molar-refractivity contribution is 6.08. The summed E-state index contributed by atoms with van der Waals surface area (Å²) in [5.41, 5.74) is 2.91. The van der Waals surface area contributed by atoms with Gasteiger partial charge in [0.1, 0.15) is 6.29 Å². The molecule has 4 aromatic carbocycles. The van der Waals surface area contributed by atoms with Crippen LogP contribution in [0.1, 0.15) is 11.1 Å². The van der Waals surface area contributed by atoms with Gasteiger partial charge in [-0.2, -0.15) is 0 Å². The maximum atomic E-state index is 11.6. The highest BCUT2D eigenvalue weighted by atomic mass is 16.1. The lowest BCUT2D eigenvalue weighted by Gasteiger charge is -2.05. The molecule has 0 fully saturated rings. The summed E-state index contributed by atoms with van der Waals surface area (Å²) in [7, 11) is 0. The molecule has 0 bridgehead atoms. The second kappa shape index (κ2) is 6.74. The average molecular weight is 322 g/mol. The molecular formula is C24H18O. The minimum Gasteiger partial charge on any atom is -0.298 e. The summed E-state index contributed by atoms with van der Waals surface area (Å²) in [5, 5.41) is 4.80. The molecule has 1 nitrogen and oxygen atoms in total. The van der Waals surface area contributed by atoms with Crippen molar-refractivity contribution in [3.63, 3.8) is 0 Å². The van der Waals surface area contributed by atoms with E-state index in [-0.39, 0.29) is 0 Å². The van der Waals surface area contributed by atoms with Gasteiger partial charge < -0.3 is 0 Å². The lowest BCUT2D eigenvalue weighted by molar-refractivity contribution is -0.103. The van der Waals surface area contributed by atoms with Crippen molar-refractivity contribution in [1.82, 2.24) is 0 Å². The molecule has 0 radical (unpaired) electrons. The number of fused-ring (bicyclic) bond motifs is 2. The van der Waals surface area contributed by atoms with Crippen LogP contribution >= 0.6 is 0 Å². The smallest absolute Gasteiger partial charge is 0.150 e. The van der Waals surface area contributed by atoms with Crippen molar-refractivity contribution in [2.24, 2.45) is 0 Å². The summed E-state index contributed by atoms with van der Waals surface area (Å²) >= 11 is 0. The molecule has 0 atom stereocenters. The maximum absolute atomic E-state index is 11.6. The van der Waals surface area contributed by atoms with Crippen molar-refractivity contribution in [1.29, 1.82) is 0 Å². The van der Waals surface area contributed by atoms with E-state index in [4.69, 9.17) is 0 Å². The molecule has 0 saturated heterocycles. The van der Waals surface area contributed by atoms with Crippen molar-refractivity contribution in [2.75, 3.05) is 0 Å². The van der Waals surface area contributed by atoms with Crippen molar-refractivity contribution in [3.8, 4) is 0 Å². The van der Waals surface area contributed by atoms with Crippen LogP contribution in [0.4, 0.5) is 0 Å². The van der Waals surface area contributed by atoms with Crippen molar-refractivity contribution < 1.29 is 4.79 Å². The second-order valence-electron chi connectivity index (χ2n) is 6.22. The normalized spacial score (nSPS) is 11.8. The fourth-order valence-corrected chi connectivity index (χ4v) is 3.20. The van der Waals surface area contributed by atoms with Crippen molar-refractivity contribution >= 4 is 33.4 Å². The largest absolute Gasteiger partial charge is 0.298 e. The number of allylic oxidation sites excluding steroid dienone is 2. The standard InChI is InChI=1S/C24H18O/c25-17-24(23-14-13-20-6-2-4-8-22(20)16-23)12-10-18-9-11-19-5-1-3-7-21(19)15-18/h1-9,11-17H,10H2/b24-12-. The maximum Gasteiger partial charge on any atom is 0.150 e. The van der Waals surface area contributed by atoms with Crippen LogP contribution in [0.5, 0.6) is 0 Å². The molecular weight excluding hydrogens is 304 g/mol. The Morgan fingerprint density at radius 2 is 1.28 bits per heavy atom. The summed E-state index contributed by atoms with van der Waals surface area (Å²) in [6, 6.07) is 29.1. The zero-order valence-electron chi connectivity index (χ0n) is 13.9. The van der Waals surface area contributed by atoms with Gasteiger partial charge in [0, 0.05) is 5.57 Å². The van der Waals surface area contributed by atoms with E-state index >= 15 is 0 Å². The molecule has 4 rings (SSSR count). The first-order chi connectivity index (χ1) is 12.3. The van der Waals surface area contributed by atoms with Gasteiger partial charge >= 0.3 is 0 Å². The van der Waals surface area contributed by atoms with Gasteiger partial charge in [-0.1, -0.05) is 84.9 Å². The number of hydrogen-bond donors (Lipinski definition) is 0. The van der Waals surface area contributed by atoms with Gasteiger partial charge in [-0.15, -0.1) is 0 Å². The molecule has 0 aliphatic rings. The van der Waals surface area contributed by atoms with Crippen LogP contribution in [0.3, 0.4) is 0 Å². The van der Waals surface area contributed by atoms with Crippen LogP contribution in [-0.2, 0) is 11.2 Å². The van der Waals surface area contributed by atoms with Gasteiger partial charge in [0.15, 0.2) is 0 Å². The SMILES string of the molecule is O=C/C(=C/Cc1ccc2ccccc2c1)c1ccc2ccccc2c1. The fourth-order valence-electron chi connectivity index (χ4n) is 3.20. The third kappa shape index (κ3) is 3.22. The number of benzene rings is 4.